The number of amides is 2. The molecule has 8 heteroatoms. The van der Waals surface area contributed by atoms with Gasteiger partial charge in [0.1, 0.15) is 5.82 Å². The molecule has 1 atom stereocenters. The first-order valence-electron chi connectivity index (χ1n) is 6.89. The Balaban J connectivity index is 0.00000220. The van der Waals surface area contributed by atoms with Gasteiger partial charge in [-0.1, -0.05) is 6.07 Å². The Hall–Kier alpha value is -1.37. The fourth-order valence-electron chi connectivity index (χ4n) is 2.08. The molecule has 1 aliphatic heterocycles. The first-order chi connectivity index (χ1) is 9.65. The monoisotopic (exact) mass is 348 g/mol. The highest BCUT2D eigenvalue weighted by Gasteiger charge is 2.21. The summed E-state index contributed by atoms with van der Waals surface area (Å²) in [4.78, 5) is 27.5. The molecule has 2 heterocycles. The lowest BCUT2D eigenvalue weighted by molar-refractivity contribution is -0.122. The number of halogens is 2. The maximum Gasteiger partial charge on any atom is 0.237 e. The molecule has 1 fully saturated rings. The lowest BCUT2D eigenvalue weighted by atomic mass is 10.2. The highest BCUT2D eigenvalue weighted by atomic mass is 35.5. The van der Waals surface area contributed by atoms with Crippen molar-refractivity contribution in [1.82, 2.24) is 15.6 Å². The highest BCUT2D eigenvalue weighted by Crippen LogP contribution is 2.05. The van der Waals surface area contributed by atoms with E-state index in [4.69, 9.17) is 0 Å². The fourth-order valence-corrected chi connectivity index (χ4v) is 2.08. The fraction of sp³-hybridized carbons (Fsp3) is 0.500. The molecule has 0 aliphatic carbocycles. The molecule has 2 amide bonds. The van der Waals surface area contributed by atoms with E-state index in [1.54, 1.807) is 12.3 Å². The van der Waals surface area contributed by atoms with Crippen molar-refractivity contribution < 1.29 is 9.59 Å². The van der Waals surface area contributed by atoms with Crippen LogP contribution in [0.4, 0.5) is 5.82 Å². The number of carbonyl (C=O) groups excluding carboxylic acids is 2. The molecule has 124 valence electrons. The SMILES string of the molecule is Cc1ccc(NC(=O)CCNC(=O)C2CCCN2)nc1.Cl.Cl. The predicted molar refractivity (Wildman–Crippen MR) is 90.8 cm³/mol. The molecule has 0 spiro atoms. The summed E-state index contributed by atoms with van der Waals surface area (Å²) in [6.45, 7) is 3.16. The maximum absolute atomic E-state index is 11.7. The van der Waals surface area contributed by atoms with Crippen molar-refractivity contribution in [3.8, 4) is 0 Å². The van der Waals surface area contributed by atoms with E-state index in [0.717, 1.165) is 24.9 Å². The van der Waals surface area contributed by atoms with Crippen LogP contribution in [-0.4, -0.2) is 35.9 Å². The van der Waals surface area contributed by atoms with Crippen molar-refractivity contribution in [2.24, 2.45) is 0 Å². The second-order valence-electron chi connectivity index (χ2n) is 4.96. The van der Waals surface area contributed by atoms with Gasteiger partial charge in [0.05, 0.1) is 6.04 Å². The molecule has 1 unspecified atom stereocenters. The molecule has 0 bridgehead atoms. The van der Waals surface area contributed by atoms with E-state index in [1.807, 2.05) is 13.0 Å². The van der Waals surface area contributed by atoms with Crippen LogP contribution in [-0.2, 0) is 9.59 Å². The Bertz CT molecular complexity index is 476. The molecule has 1 aromatic rings. The first-order valence-corrected chi connectivity index (χ1v) is 6.89. The van der Waals surface area contributed by atoms with Crippen LogP contribution in [0.1, 0.15) is 24.8 Å². The minimum Gasteiger partial charge on any atom is -0.354 e. The van der Waals surface area contributed by atoms with E-state index in [9.17, 15) is 9.59 Å². The lowest BCUT2D eigenvalue weighted by Gasteiger charge is -2.10. The average Bonchev–Trinajstić information content (AvgIpc) is 2.95. The highest BCUT2D eigenvalue weighted by molar-refractivity contribution is 5.90. The standard InChI is InChI=1S/C14H20N4O2.2ClH/c1-10-4-5-12(17-9-10)18-13(19)6-8-16-14(20)11-3-2-7-15-11;;/h4-5,9,11,15H,2-3,6-8H2,1H3,(H,16,20)(H,17,18,19);2*1H. The number of pyridine rings is 1. The van der Waals surface area contributed by atoms with E-state index in [2.05, 4.69) is 20.9 Å². The number of aryl methyl sites for hydroxylation is 1. The summed E-state index contributed by atoms with van der Waals surface area (Å²) >= 11 is 0. The average molecular weight is 349 g/mol. The summed E-state index contributed by atoms with van der Waals surface area (Å²) in [6.07, 6.45) is 3.83. The van der Waals surface area contributed by atoms with Crippen molar-refractivity contribution >= 4 is 42.4 Å². The predicted octanol–water partition coefficient (Wildman–Crippen LogP) is 1.43. The molecular weight excluding hydrogens is 327 g/mol. The van der Waals surface area contributed by atoms with Gasteiger partial charge in [-0.2, -0.15) is 0 Å². The third-order valence-electron chi connectivity index (χ3n) is 3.21. The molecule has 0 aromatic carbocycles. The van der Waals surface area contributed by atoms with E-state index >= 15 is 0 Å². The molecule has 1 aromatic heterocycles. The number of anilines is 1. The molecule has 22 heavy (non-hydrogen) atoms. The zero-order chi connectivity index (χ0) is 14.4. The van der Waals surface area contributed by atoms with Crippen LogP contribution < -0.4 is 16.0 Å². The Morgan fingerprint density at radius 2 is 2.14 bits per heavy atom. The molecule has 3 N–H and O–H groups in total. The summed E-state index contributed by atoms with van der Waals surface area (Å²) in [7, 11) is 0. The van der Waals surface area contributed by atoms with E-state index in [-0.39, 0.29) is 49.1 Å². The molecule has 6 nitrogen and oxygen atoms in total. The number of aromatic nitrogens is 1. The number of hydrogen-bond donors (Lipinski definition) is 3. The molecule has 0 radical (unpaired) electrons. The van der Waals surface area contributed by atoms with Crippen molar-refractivity contribution in [2.75, 3.05) is 18.4 Å². The van der Waals surface area contributed by atoms with Gasteiger partial charge in [-0.3, -0.25) is 9.59 Å². The van der Waals surface area contributed by atoms with Gasteiger partial charge in [0.25, 0.3) is 0 Å². The van der Waals surface area contributed by atoms with Crippen LogP contribution in [0.2, 0.25) is 0 Å². The van der Waals surface area contributed by atoms with E-state index in [0.29, 0.717) is 12.4 Å². The van der Waals surface area contributed by atoms with Crippen LogP contribution in [0.25, 0.3) is 0 Å². The van der Waals surface area contributed by atoms with Crippen LogP contribution in [0.3, 0.4) is 0 Å². The van der Waals surface area contributed by atoms with Gasteiger partial charge in [-0.15, -0.1) is 24.8 Å². The van der Waals surface area contributed by atoms with Gasteiger partial charge in [0, 0.05) is 19.2 Å². The van der Waals surface area contributed by atoms with Crippen molar-refractivity contribution in [3.05, 3.63) is 23.9 Å². The quantitative estimate of drug-likeness (QED) is 0.751. The van der Waals surface area contributed by atoms with Gasteiger partial charge in [-0.25, -0.2) is 4.98 Å². The number of nitrogens with one attached hydrogen (secondary N) is 3. The van der Waals surface area contributed by atoms with Crippen molar-refractivity contribution in [3.63, 3.8) is 0 Å². The second-order valence-corrected chi connectivity index (χ2v) is 4.96. The number of hydrogen-bond acceptors (Lipinski definition) is 4. The lowest BCUT2D eigenvalue weighted by Crippen LogP contribution is -2.41. The normalized spacial score (nSPS) is 16.1. The summed E-state index contributed by atoms with van der Waals surface area (Å²) in [5.41, 5.74) is 1.04. The van der Waals surface area contributed by atoms with Crippen LogP contribution in [0, 0.1) is 6.92 Å². The summed E-state index contributed by atoms with van der Waals surface area (Å²) in [6, 6.07) is 3.54. The molecule has 0 saturated carbocycles. The summed E-state index contributed by atoms with van der Waals surface area (Å²) in [5.74, 6) is 0.356. The maximum atomic E-state index is 11.7. The van der Waals surface area contributed by atoms with Crippen LogP contribution in [0.5, 0.6) is 0 Å². The Morgan fingerprint density at radius 1 is 1.36 bits per heavy atom. The van der Waals surface area contributed by atoms with Gasteiger partial charge >= 0.3 is 0 Å². The molecule has 1 aliphatic rings. The third kappa shape index (κ3) is 6.60. The zero-order valence-electron chi connectivity index (χ0n) is 12.4. The van der Waals surface area contributed by atoms with Gasteiger partial charge < -0.3 is 16.0 Å². The zero-order valence-corrected chi connectivity index (χ0v) is 14.1. The van der Waals surface area contributed by atoms with Crippen LogP contribution >= 0.6 is 24.8 Å². The first kappa shape index (κ1) is 20.6. The van der Waals surface area contributed by atoms with Crippen LogP contribution in [0.15, 0.2) is 18.3 Å². The molecular formula is C14H22Cl2N4O2. The van der Waals surface area contributed by atoms with Gasteiger partial charge in [-0.05, 0) is 37.9 Å². The third-order valence-corrected chi connectivity index (χ3v) is 3.21. The van der Waals surface area contributed by atoms with E-state index in [1.165, 1.54) is 0 Å². The second kappa shape index (κ2) is 10.4. The minimum absolute atomic E-state index is 0. The Morgan fingerprint density at radius 3 is 2.73 bits per heavy atom. The molecule has 1 saturated heterocycles. The smallest absolute Gasteiger partial charge is 0.237 e. The van der Waals surface area contributed by atoms with Crippen molar-refractivity contribution in [2.45, 2.75) is 32.2 Å². The Kier molecular flexibility index (Phi) is 9.73. The number of nitrogens with zero attached hydrogens (tertiary/aromatic N) is 1. The summed E-state index contributed by atoms with van der Waals surface area (Å²) in [5, 5.41) is 8.58. The minimum atomic E-state index is -0.152. The number of carbonyl (C=O) groups is 2. The van der Waals surface area contributed by atoms with E-state index < -0.39 is 0 Å². The van der Waals surface area contributed by atoms with Gasteiger partial charge in [0.15, 0.2) is 0 Å². The molecule has 2 rings (SSSR count). The number of rotatable bonds is 5. The Labute approximate surface area is 142 Å². The topological polar surface area (TPSA) is 83.1 Å². The van der Waals surface area contributed by atoms with Gasteiger partial charge in [0.2, 0.25) is 11.8 Å². The van der Waals surface area contributed by atoms with Crippen molar-refractivity contribution in [1.29, 1.82) is 0 Å². The summed E-state index contributed by atoms with van der Waals surface area (Å²) < 4.78 is 0. The largest absolute Gasteiger partial charge is 0.354 e.